The molecule has 3 N–H and O–H groups in total. The number of nitrogens with two attached hydrogens (primary N) is 1. The third kappa shape index (κ3) is 4.23. The molecule has 0 aliphatic rings. The zero-order valence-electron chi connectivity index (χ0n) is 13.9. The quantitative estimate of drug-likeness (QED) is 0.713. The summed E-state index contributed by atoms with van der Waals surface area (Å²) in [5, 5.41) is 9.11. The summed E-state index contributed by atoms with van der Waals surface area (Å²) in [6.07, 6.45) is 0.333. The number of halogens is 1. The van der Waals surface area contributed by atoms with Crippen molar-refractivity contribution in [3.8, 4) is 22.6 Å². The Morgan fingerprint density at radius 2 is 1.62 bits per heavy atom. The maximum absolute atomic E-state index is 12.9. The summed E-state index contributed by atoms with van der Waals surface area (Å²) in [4.78, 5) is 15.6. The second-order valence-electron chi connectivity index (χ2n) is 5.65. The van der Waals surface area contributed by atoms with Crippen LogP contribution >= 0.6 is 0 Å². The number of nitrogens with zero attached hydrogens (tertiary/aromatic N) is 1. The Labute approximate surface area is 149 Å². The highest BCUT2D eigenvalue weighted by molar-refractivity contribution is 5.92. The highest BCUT2D eigenvalue weighted by atomic mass is 19.1. The van der Waals surface area contributed by atoms with Gasteiger partial charge in [-0.15, -0.1) is 0 Å². The number of carbonyl (C=O) groups excluding carboxylic acids is 1. The number of ether oxygens (including phenoxy) is 1. The van der Waals surface area contributed by atoms with Crippen molar-refractivity contribution in [2.75, 3.05) is 6.61 Å². The van der Waals surface area contributed by atoms with Crippen LogP contribution in [-0.4, -0.2) is 22.6 Å². The van der Waals surface area contributed by atoms with Crippen LogP contribution in [0.15, 0.2) is 60.7 Å². The van der Waals surface area contributed by atoms with Crippen LogP contribution in [0.1, 0.15) is 16.2 Å². The van der Waals surface area contributed by atoms with Crippen LogP contribution in [0.4, 0.5) is 4.39 Å². The molecule has 1 aromatic heterocycles. The van der Waals surface area contributed by atoms with Crippen LogP contribution in [0, 0.1) is 5.82 Å². The van der Waals surface area contributed by atoms with Gasteiger partial charge in [-0.3, -0.25) is 4.79 Å². The van der Waals surface area contributed by atoms with Crippen molar-refractivity contribution in [3.05, 3.63) is 77.9 Å². The largest absolute Gasteiger partial charge is 0.457 e. The second-order valence-corrected chi connectivity index (χ2v) is 5.65. The topological polar surface area (TPSA) is 85.4 Å². The maximum Gasteiger partial charge on any atom is 0.267 e. The number of hydrogen-bond donors (Lipinski definition) is 2. The number of carbonyl (C=O) groups is 1. The molecule has 26 heavy (non-hydrogen) atoms. The molecule has 0 saturated heterocycles. The van der Waals surface area contributed by atoms with Gasteiger partial charge in [0.15, 0.2) is 0 Å². The summed E-state index contributed by atoms with van der Waals surface area (Å²) in [5.41, 5.74) is 7.69. The first kappa shape index (κ1) is 17.6. The Balaban J connectivity index is 1.85. The number of hydrogen-bond acceptors (Lipinski definition) is 4. The molecule has 1 heterocycles. The molecule has 132 valence electrons. The van der Waals surface area contributed by atoms with E-state index in [1.54, 1.807) is 36.4 Å². The number of aliphatic hydroxyl groups is 1. The number of amides is 1. The average Bonchev–Trinajstić information content (AvgIpc) is 2.64. The lowest BCUT2D eigenvalue weighted by Crippen LogP contribution is -2.14. The van der Waals surface area contributed by atoms with E-state index in [0.717, 1.165) is 11.1 Å². The SMILES string of the molecule is NC(=O)c1cc(-c2ccc(Oc3ccc(F)cc3)cc2)cc(CCO)n1. The molecule has 0 fully saturated rings. The molecule has 0 unspecified atom stereocenters. The summed E-state index contributed by atoms with van der Waals surface area (Å²) in [6.45, 7) is -0.0703. The standard InChI is InChI=1S/C20H17FN2O3/c21-15-3-7-18(8-4-15)26-17-5-1-13(2-6-17)14-11-16(9-10-24)23-19(12-14)20(22)25/h1-8,11-12,24H,9-10H2,(H2,22,25). The molecule has 2 aromatic carbocycles. The zero-order chi connectivity index (χ0) is 18.5. The molecular weight excluding hydrogens is 335 g/mol. The van der Waals surface area contributed by atoms with Crippen LogP contribution < -0.4 is 10.5 Å². The highest BCUT2D eigenvalue weighted by Gasteiger charge is 2.09. The van der Waals surface area contributed by atoms with E-state index in [2.05, 4.69) is 4.98 Å². The monoisotopic (exact) mass is 352 g/mol. The number of pyridine rings is 1. The second kappa shape index (κ2) is 7.76. The predicted molar refractivity (Wildman–Crippen MR) is 95.5 cm³/mol. The molecule has 0 aliphatic heterocycles. The minimum absolute atomic E-state index is 0.0703. The Morgan fingerprint density at radius 1 is 1.00 bits per heavy atom. The van der Waals surface area contributed by atoms with E-state index in [-0.39, 0.29) is 18.1 Å². The van der Waals surface area contributed by atoms with Gasteiger partial charge in [0, 0.05) is 18.7 Å². The van der Waals surface area contributed by atoms with E-state index in [1.165, 1.54) is 12.1 Å². The molecule has 0 bridgehead atoms. The molecule has 5 nitrogen and oxygen atoms in total. The van der Waals surface area contributed by atoms with Gasteiger partial charge < -0.3 is 15.6 Å². The van der Waals surface area contributed by atoms with Crippen molar-refractivity contribution < 1.29 is 19.0 Å². The van der Waals surface area contributed by atoms with Gasteiger partial charge in [0.05, 0.1) is 0 Å². The Kier molecular flexibility index (Phi) is 5.24. The number of benzene rings is 2. The molecular formula is C20H17FN2O3. The average molecular weight is 352 g/mol. The molecule has 0 saturated carbocycles. The molecule has 0 aliphatic carbocycles. The molecule has 1 amide bonds. The maximum atomic E-state index is 12.9. The fourth-order valence-corrected chi connectivity index (χ4v) is 2.48. The van der Waals surface area contributed by atoms with Gasteiger partial charge in [0.2, 0.25) is 0 Å². The number of primary amides is 1. The lowest BCUT2D eigenvalue weighted by atomic mass is 10.0. The van der Waals surface area contributed by atoms with Crippen molar-refractivity contribution in [2.45, 2.75) is 6.42 Å². The van der Waals surface area contributed by atoms with Crippen LogP contribution in [0.5, 0.6) is 11.5 Å². The van der Waals surface area contributed by atoms with Crippen LogP contribution in [0.2, 0.25) is 0 Å². The first-order chi connectivity index (χ1) is 12.5. The lowest BCUT2D eigenvalue weighted by Gasteiger charge is -2.09. The predicted octanol–water partition coefficient (Wildman–Crippen LogP) is 3.31. The third-order valence-corrected chi connectivity index (χ3v) is 3.74. The van der Waals surface area contributed by atoms with Gasteiger partial charge in [0.25, 0.3) is 5.91 Å². The van der Waals surface area contributed by atoms with E-state index >= 15 is 0 Å². The van der Waals surface area contributed by atoms with E-state index in [0.29, 0.717) is 23.6 Å². The Morgan fingerprint density at radius 3 is 2.19 bits per heavy atom. The van der Waals surface area contributed by atoms with Crippen molar-refractivity contribution in [1.82, 2.24) is 4.98 Å². The summed E-state index contributed by atoms with van der Waals surface area (Å²) >= 11 is 0. The number of aliphatic hydroxyl groups excluding tert-OH is 1. The fraction of sp³-hybridized carbons (Fsp3) is 0.100. The van der Waals surface area contributed by atoms with Gasteiger partial charge >= 0.3 is 0 Å². The third-order valence-electron chi connectivity index (χ3n) is 3.74. The van der Waals surface area contributed by atoms with Gasteiger partial charge in [-0.2, -0.15) is 0 Å². The molecule has 6 heteroatoms. The number of rotatable bonds is 6. The summed E-state index contributed by atoms with van der Waals surface area (Å²) < 4.78 is 18.6. The van der Waals surface area contributed by atoms with Crippen LogP contribution in [0.3, 0.4) is 0 Å². The smallest absolute Gasteiger partial charge is 0.267 e. The highest BCUT2D eigenvalue weighted by Crippen LogP contribution is 2.27. The minimum Gasteiger partial charge on any atom is -0.457 e. The van der Waals surface area contributed by atoms with Crippen molar-refractivity contribution in [2.24, 2.45) is 5.73 Å². The van der Waals surface area contributed by atoms with Crippen LogP contribution in [0.25, 0.3) is 11.1 Å². The Bertz CT molecular complexity index is 909. The first-order valence-electron chi connectivity index (χ1n) is 8.00. The van der Waals surface area contributed by atoms with Crippen molar-refractivity contribution in [1.29, 1.82) is 0 Å². The summed E-state index contributed by atoms with van der Waals surface area (Å²) in [6, 6.07) is 16.4. The van der Waals surface area contributed by atoms with Crippen LogP contribution in [-0.2, 0) is 6.42 Å². The molecule has 3 rings (SSSR count). The number of aromatic nitrogens is 1. The van der Waals surface area contributed by atoms with Gasteiger partial charge in [-0.25, -0.2) is 9.37 Å². The van der Waals surface area contributed by atoms with E-state index in [9.17, 15) is 9.18 Å². The molecule has 0 radical (unpaired) electrons. The molecule has 0 atom stereocenters. The van der Waals surface area contributed by atoms with Gasteiger partial charge in [-0.05, 0) is 59.7 Å². The van der Waals surface area contributed by atoms with Gasteiger partial charge in [-0.1, -0.05) is 12.1 Å². The molecule has 0 spiro atoms. The van der Waals surface area contributed by atoms with E-state index in [4.69, 9.17) is 15.6 Å². The summed E-state index contributed by atoms with van der Waals surface area (Å²) in [7, 11) is 0. The first-order valence-corrected chi connectivity index (χ1v) is 8.00. The van der Waals surface area contributed by atoms with E-state index < -0.39 is 5.91 Å². The lowest BCUT2D eigenvalue weighted by molar-refractivity contribution is 0.0995. The van der Waals surface area contributed by atoms with Crippen molar-refractivity contribution in [3.63, 3.8) is 0 Å². The minimum atomic E-state index is -0.623. The normalized spacial score (nSPS) is 10.5. The zero-order valence-corrected chi connectivity index (χ0v) is 13.9. The Hall–Kier alpha value is -3.25. The fourth-order valence-electron chi connectivity index (χ4n) is 2.48. The molecule has 3 aromatic rings. The van der Waals surface area contributed by atoms with Crippen molar-refractivity contribution >= 4 is 5.91 Å². The van der Waals surface area contributed by atoms with Gasteiger partial charge in [0.1, 0.15) is 23.0 Å². The summed E-state index contributed by atoms with van der Waals surface area (Å²) in [5.74, 6) is 0.182. The van der Waals surface area contributed by atoms with E-state index in [1.807, 2.05) is 12.1 Å².